The molecule has 4 nitrogen and oxygen atoms in total. The van der Waals surface area contributed by atoms with Gasteiger partial charge in [0.05, 0.1) is 10.5 Å². The van der Waals surface area contributed by atoms with Crippen LogP contribution in [0.1, 0.15) is 23.0 Å². The highest BCUT2D eigenvalue weighted by molar-refractivity contribution is 7.20. The van der Waals surface area contributed by atoms with E-state index < -0.39 is 5.60 Å². The molecule has 0 radical (unpaired) electrons. The summed E-state index contributed by atoms with van der Waals surface area (Å²) in [5, 5.41) is 13.6. The first-order chi connectivity index (χ1) is 9.91. The van der Waals surface area contributed by atoms with E-state index in [4.69, 9.17) is 4.74 Å². The van der Waals surface area contributed by atoms with Gasteiger partial charge in [0.2, 0.25) is 0 Å². The first-order valence-corrected chi connectivity index (χ1v) is 7.41. The third kappa shape index (κ3) is 4.23. The highest BCUT2D eigenvalue weighted by Crippen LogP contribution is 2.26. The van der Waals surface area contributed by atoms with Gasteiger partial charge in [0.15, 0.2) is 0 Å². The maximum atomic E-state index is 13.1. The van der Waals surface area contributed by atoms with Crippen molar-refractivity contribution in [2.24, 2.45) is 0 Å². The van der Waals surface area contributed by atoms with Crippen molar-refractivity contribution in [3.05, 3.63) is 35.0 Å². The lowest BCUT2D eigenvalue weighted by Gasteiger charge is -2.22. The third-order valence-electron chi connectivity index (χ3n) is 3.18. The average molecular weight is 311 g/mol. The van der Waals surface area contributed by atoms with Crippen LogP contribution in [0, 0.1) is 5.82 Å². The molecule has 2 N–H and O–H groups in total. The Balaban J connectivity index is 2.02. The predicted octanol–water partition coefficient (Wildman–Crippen LogP) is 2.56. The molecule has 1 amide bonds. The van der Waals surface area contributed by atoms with Crippen LogP contribution in [0.4, 0.5) is 4.39 Å². The molecule has 0 spiro atoms. The van der Waals surface area contributed by atoms with E-state index in [1.165, 1.54) is 23.5 Å². The van der Waals surface area contributed by atoms with Crippen molar-refractivity contribution in [2.75, 3.05) is 20.3 Å². The summed E-state index contributed by atoms with van der Waals surface area (Å²) in [5.74, 6) is -0.590. The Morgan fingerprint density at radius 2 is 2.24 bits per heavy atom. The van der Waals surface area contributed by atoms with Crippen molar-refractivity contribution in [2.45, 2.75) is 18.9 Å². The van der Waals surface area contributed by atoms with Gasteiger partial charge in [0.25, 0.3) is 5.91 Å². The molecule has 1 aromatic carbocycles. The Kier molecular flexibility index (Phi) is 4.92. The normalized spacial score (nSPS) is 14.1. The number of hydrogen-bond acceptors (Lipinski definition) is 4. The summed E-state index contributed by atoms with van der Waals surface area (Å²) < 4.78 is 18.8. The quantitative estimate of drug-likeness (QED) is 0.862. The van der Waals surface area contributed by atoms with Crippen LogP contribution >= 0.6 is 11.3 Å². The lowest BCUT2D eigenvalue weighted by molar-refractivity contribution is 0.0244. The molecular formula is C15H18FNO3S. The Bertz CT molecular complexity index is 639. The van der Waals surface area contributed by atoms with Crippen LogP contribution in [0.3, 0.4) is 0 Å². The molecular weight excluding hydrogens is 293 g/mol. The molecule has 0 aliphatic rings. The Hall–Kier alpha value is -1.50. The van der Waals surface area contributed by atoms with E-state index >= 15 is 0 Å². The summed E-state index contributed by atoms with van der Waals surface area (Å²) in [6.07, 6.45) is 0.432. The number of rotatable bonds is 6. The number of ether oxygens (including phenoxy) is 1. The van der Waals surface area contributed by atoms with E-state index in [1.807, 2.05) is 0 Å². The molecule has 0 aliphatic heterocycles. The number of hydrogen-bond donors (Lipinski definition) is 2. The summed E-state index contributed by atoms with van der Waals surface area (Å²) in [7, 11) is 1.56. The predicted molar refractivity (Wildman–Crippen MR) is 81.2 cm³/mol. The topological polar surface area (TPSA) is 58.6 Å². The van der Waals surface area contributed by atoms with Crippen LogP contribution in [0.25, 0.3) is 10.1 Å². The molecule has 0 saturated heterocycles. The van der Waals surface area contributed by atoms with E-state index in [9.17, 15) is 14.3 Å². The van der Waals surface area contributed by atoms with Crippen molar-refractivity contribution in [3.63, 3.8) is 0 Å². The van der Waals surface area contributed by atoms with E-state index in [2.05, 4.69) is 5.32 Å². The van der Waals surface area contributed by atoms with Crippen molar-refractivity contribution >= 4 is 27.3 Å². The molecule has 1 unspecified atom stereocenters. The number of halogens is 1. The molecule has 1 heterocycles. The summed E-state index contributed by atoms with van der Waals surface area (Å²) in [4.78, 5) is 12.6. The van der Waals surface area contributed by atoms with Crippen molar-refractivity contribution < 1.29 is 19.0 Å². The van der Waals surface area contributed by atoms with E-state index in [0.717, 1.165) is 10.1 Å². The van der Waals surface area contributed by atoms with Gasteiger partial charge in [-0.3, -0.25) is 4.79 Å². The van der Waals surface area contributed by atoms with Crippen molar-refractivity contribution in [1.82, 2.24) is 5.32 Å². The van der Waals surface area contributed by atoms with E-state index in [-0.39, 0.29) is 18.3 Å². The number of carbonyl (C=O) groups excluding carboxylic acids is 1. The first kappa shape index (κ1) is 15.9. The van der Waals surface area contributed by atoms with Gasteiger partial charge < -0.3 is 15.2 Å². The second-order valence-corrected chi connectivity index (χ2v) is 6.30. The van der Waals surface area contributed by atoms with Gasteiger partial charge >= 0.3 is 0 Å². The Morgan fingerprint density at radius 1 is 1.48 bits per heavy atom. The van der Waals surface area contributed by atoms with Gasteiger partial charge in [-0.2, -0.15) is 0 Å². The highest BCUT2D eigenvalue weighted by Gasteiger charge is 2.21. The van der Waals surface area contributed by atoms with Gasteiger partial charge in [-0.25, -0.2) is 4.39 Å². The van der Waals surface area contributed by atoms with Gasteiger partial charge in [0.1, 0.15) is 5.82 Å². The number of fused-ring (bicyclic) bond motifs is 1. The standard InChI is InChI=1S/C15H18FNO3S/c1-15(19,5-6-20-2)9-17-14(18)13-7-10-3-4-11(16)8-12(10)21-13/h3-4,7-8,19H,5-6,9H2,1-2H3,(H,17,18). The van der Waals surface area contributed by atoms with Gasteiger partial charge in [-0.15, -0.1) is 11.3 Å². The minimum absolute atomic E-state index is 0.137. The monoisotopic (exact) mass is 311 g/mol. The van der Waals surface area contributed by atoms with E-state index in [0.29, 0.717) is 17.9 Å². The maximum absolute atomic E-state index is 13.1. The fourth-order valence-corrected chi connectivity index (χ4v) is 2.89. The zero-order valence-electron chi connectivity index (χ0n) is 12.0. The largest absolute Gasteiger partial charge is 0.388 e. The maximum Gasteiger partial charge on any atom is 0.261 e. The molecule has 21 heavy (non-hydrogen) atoms. The minimum Gasteiger partial charge on any atom is -0.388 e. The van der Waals surface area contributed by atoms with Gasteiger partial charge in [0, 0.05) is 31.4 Å². The zero-order valence-corrected chi connectivity index (χ0v) is 12.8. The molecule has 1 atom stereocenters. The van der Waals surface area contributed by atoms with Crippen molar-refractivity contribution in [1.29, 1.82) is 0 Å². The minimum atomic E-state index is -1.02. The Morgan fingerprint density at radius 3 is 2.95 bits per heavy atom. The molecule has 0 aliphatic carbocycles. The number of amides is 1. The fourth-order valence-electron chi connectivity index (χ4n) is 1.89. The molecule has 0 fully saturated rings. The molecule has 1 aromatic heterocycles. The Labute approximate surface area is 126 Å². The number of methoxy groups -OCH3 is 1. The van der Waals surface area contributed by atoms with Crippen LogP contribution in [0.5, 0.6) is 0 Å². The van der Waals surface area contributed by atoms with Gasteiger partial charge in [-0.05, 0) is 30.5 Å². The first-order valence-electron chi connectivity index (χ1n) is 6.60. The zero-order chi connectivity index (χ0) is 15.5. The number of thiophene rings is 1. The van der Waals surface area contributed by atoms with Crippen LogP contribution in [0.15, 0.2) is 24.3 Å². The van der Waals surface area contributed by atoms with Crippen molar-refractivity contribution in [3.8, 4) is 0 Å². The molecule has 0 saturated carbocycles. The van der Waals surface area contributed by atoms with E-state index in [1.54, 1.807) is 26.2 Å². The second kappa shape index (κ2) is 6.51. The average Bonchev–Trinajstić information content (AvgIpc) is 2.85. The van der Waals surface area contributed by atoms with Crippen LogP contribution in [-0.2, 0) is 4.74 Å². The summed E-state index contributed by atoms with van der Waals surface area (Å²) >= 11 is 1.23. The molecule has 0 bridgehead atoms. The van der Waals surface area contributed by atoms with Crippen LogP contribution < -0.4 is 5.32 Å². The molecule has 2 rings (SSSR count). The smallest absolute Gasteiger partial charge is 0.261 e. The number of aliphatic hydroxyl groups is 1. The SMILES string of the molecule is COCCC(C)(O)CNC(=O)c1cc2ccc(F)cc2s1. The second-order valence-electron chi connectivity index (χ2n) is 5.22. The lowest BCUT2D eigenvalue weighted by Crippen LogP contribution is -2.41. The van der Waals surface area contributed by atoms with Gasteiger partial charge in [-0.1, -0.05) is 6.07 Å². The van der Waals surface area contributed by atoms with Crippen LogP contribution in [-0.4, -0.2) is 36.9 Å². The molecule has 114 valence electrons. The molecule has 6 heteroatoms. The molecule has 2 aromatic rings. The number of nitrogens with one attached hydrogen (secondary N) is 1. The number of carbonyl (C=O) groups is 1. The summed E-state index contributed by atoms with van der Waals surface area (Å²) in [6.45, 7) is 2.20. The lowest BCUT2D eigenvalue weighted by atomic mass is 10.0. The third-order valence-corrected chi connectivity index (χ3v) is 4.28. The summed E-state index contributed by atoms with van der Waals surface area (Å²) in [5.41, 5.74) is -1.02. The van der Waals surface area contributed by atoms with Crippen LogP contribution in [0.2, 0.25) is 0 Å². The summed E-state index contributed by atoms with van der Waals surface area (Å²) in [6, 6.07) is 6.14. The fraction of sp³-hybridized carbons (Fsp3) is 0.400. The number of benzene rings is 1. The highest BCUT2D eigenvalue weighted by atomic mass is 32.1.